The van der Waals surface area contributed by atoms with Crippen molar-refractivity contribution in [1.82, 2.24) is 9.97 Å². The average Bonchev–Trinajstić information content (AvgIpc) is 2.68. The molecule has 1 aromatic heterocycles. The molecule has 0 saturated carbocycles. The molecule has 4 rings (SSSR count). The van der Waals surface area contributed by atoms with E-state index in [9.17, 15) is 18.4 Å². The number of hydrogen-bond acceptors (Lipinski definition) is 4. The first-order valence-electron chi connectivity index (χ1n) is 8.57. The zero-order chi connectivity index (χ0) is 19.7. The first-order valence-corrected chi connectivity index (χ1v) is 9.56. The predicted octanol–water partition coefficient (Wildman–Crippen LogP) is 3.81. The van der Waals surface area contributed by atoms with Crippen molar-refractivity contribution >= 4 is 23.5 Å². The quantitative estimate of drug-likeness (QED) is 0.517. The van der Waals surface area contributed by atoms with Crippen LogP contribution in [0, 0.1) is 11.6 Å². The van der Waals surface area contributed by atoms with Crippen LogP contribution in [0.25, 0.3) is 0 Å². The minimum absolute atomic E-state index is 0.0342. The lowest BCUT2D eigenvalue weighted by atomic mass is 9.86. The molecule has 0 bridgehead atoms. The highest BCUT2D eigenvalue weighted by Crippen LogP contribution is 2.36. The Morgan fingerprint density at radius 1 is 1.07 bits per heavy atom. The molecule has 1 atom stereocenters. The van der Waals surface area contributed by atoms with E-state index in [1.54, 1.807) is 0 Å². The molecule has 2 aromatic carbocycles. The molecule has 1 aliphatic rings. The van der Waals surface area contributed by atoms with Gasteiger partial charge in [-0.15, -0.1) is 0 Å². The summed E-state index contributed by atoms with van der Waals surface area (Å²) in [6.07, 6.45) is -0.158. The molecule has 2 heterocycles. The van der Waals surface area contributed by atoms with Gasteiger partial charge in [0.25, 0.3) is 5.56 Å². The van der Waals surface area contributed by atoms with E-state index in [1.807, 2.05) is 30.3 Å². The van der Waals surface area contributed by atoms with Crippen LogP contribution in [0.4, 0.5) is 14.6 Å². The summed E-state index contributed by atoms with van der Waals surface area (Å²) in [5.41, 5.74) is 0.673. The highest BCUT2D eigenvalue weighted by atomic mass is 32.2. The van der Waals surface area contributed by atoms with Gasteiger partial charge in [-0.1, -0.05) is 54.2 Å². The van der Waals surface area contributed by atoms with Crippen molar-refractivity contribution in [3.05, 3.63) is 87.2 Å². The topological polar surface area (TPSA) is 74.8 Å². The summed E-state index contributed by atoms with van der Waals surface area (Å²) in [5.74, 6) is -2.72. The van der Waals surface area contributed by atoms with E-state index in [-0.39, 0.29) is 23.4 Å². The second kappa shape index (κ2) is 7.55. The summed E-state index contributed by atoms with van der Waals surface area (Å²) in [6.45, 7) is 0. The van der Waals surface area contributed by atoms with Crippen LogP contribution < -0.4 is 10.9 Å². The molecule has 0 aliphatic carbocycles. The van der Waals surface area contributed by atoms with E-state index >= 15 is 0 Å². The summed E-state index contributed by atoms with van der Waals surface area (Å²) >= 11 is 1.31. The van der Waals surface area contributed by atoms with Crippen LogP contribution in [-0.2, 0) is 10.5 Å². The number of aromatic amines is 1. The third-order valence-corrected chi connectivity index (χ3v) is 5.45. The van der Waals surface area contributed by atoms with E-state index in [2.05, 4.69) is 15.3 Å². The molecule has 0 unspecified atom stereocenters. The minimum Gasteiger partial charge on any atom is -0.310 e. The maximum Gasteiger partial charge on any atom is 0.257 e. The molecule has 0 radical (unpaired) electrons. The predicted molar refractivity (Wildman–Crippen MR) is 102 cm³/mol. The first kappa shape index (κ1) is 18.4. The Bertz CT molecular complexity index is 1100. The Labute approximate surface area is 163 Å². The lowest BCUT2D eigenvalue weighted by Gasteiger charge is -2.24. The second-order valence-electron chi connectivity index (χ2n) is 6.36. The fourth-order valence-electron chi connectivity index (χ4n) is 3.20. The first-order chi connectivity index (χ1) is 13.5. The Hall–Kier alpha value is -3.00. The smallest absolute Gasteiger partial charge is 0.257 e. The van der Waals surface area contributed by atoms with Gasteiger partial charge >= 0.3 is 0 Å². The van der Waals surface area contributed by atoms with Crippen LogP contribution in [0.1, 0.15) is 29.0 Å². The van der Waals surface area contributed by atoms with Gasteiger partial charge in [-0.3, -0.25) is 9.59 Å². The molecule has 3 aromatic rings. The van der Waals surface area contributed by atoms with E-state index in [0.29, 0.717) is 10.9 Å². The van der Waals surface area contributed by atoms with E-state index in [4.69, 9.17) is 0 Å². The number of H-pyrrole nitrogens is 1. The van der Waals surface area contributed by atoms with Crippen molar-refractivity contribution in [2.45, 2.75) is 23.2 Å². The lowest BCUT2D eigenvalue weighted by molar-refractivity contribution is -0.116. The van der Waals surface area contributed by atoms with Gasteiger partial charge in [-0.05, 0) is 17.2 Å². The normalized spacial score (nSPS) is 15.8. The van der Waals surface area contributed by atoms with Crippen molar-refractivity contribution < 1.29 is 13.6 Å². The maximum absolute atomic E-state index is 14.3. The number of thioether (sulfide) groups is 1. The number of rotatable bonds is 4. The largest absolute Gasteiger partial charge is 0.310 e. The van der Waals surface area contributed by atoms with Crippen molar-refractivity contribution in [3.63, 3.8) is 0 Å². The molecular formula is C20H15F2N3O2S. The SMILES string of the molecule is O=C1C[C@@H](c2cccc(F)c2F)c2c(nc(SCc3ccccc3)[nH]c2=O)N1. The number of hydrogen-bond donors (Lipinski definition) is 2. The van der Waals surface area contributed by atoms with Crippen LogP contribution in [0.15, 0.2) is 58.5 Å². The number of fused-ring (bicyclic) bond motifs is 1. The van der Waals surface area contributed by atoms with Crippen LogP contribution in [0.5, 0.6) is 0 Å². The third-order valence-electron chi connectivity index (χ3n) is 4.50. The zero-order valence-electron chi connectivity index (χ0n) is 14.5. The number of benzene rings is 2. The van der Waals surface area contributed by atoms with Crippen LogP contribution in [-0.4, -0.2) is 15.9 Å². The fraction of sp³-hybridized carbons (Fsp3) is 0.150. The van der Waals surface area contributed by atoms with Gasteiger partial charge in [0.2, 0.25) is 5.91 Å². The van der Waals surface area contributed by atoms with Crippen LogP contribution in [0.2, 0.25) is 0 Å². The van der Waals surface area contributed by atoms with E-state index < -0.39 is 29.0 Å². The van der Waals surface area contributed by atoms with Gasteiger partial charge in [-0.25, -0.2) is 13.8 Å². The Morgan fingerprint density at radius 2 is 1.86 bits per heavy atom. The number of halogens is 2. The fourth-order valence-corrected chi connectivity index (χ4v) is 4.02. The molecule has 1 aliphatic heterocycles. The molecule has 28 heavy (non-hydrogen) atoms. The summed E-state index contributed by atoms with van der Waals surface area (Å²) < 4.78 is 27.9. The van der Waals surface area contributed by atoms with E-state index in [0.717, 1.165) is 11.6 Å². The highest BCUT2D eigenvalue weighted by Gasteiger charge is 2.33. The van der Waals surface area contributed by atoms with Crippen molar-refractivity contribution in [2.75, 3.05) is 5.32 Å². The molecule has 5 nitrogen and oxygen atoms in total. The standard InChI is InChI=1S/C20H15F2N3O2S/c21-14-8-4-7-12(17(14)22)13-9-15(26)23-18-16(13)19(27)25-20(24-18)28-10-11-5-2-1-3-6-11/h1-8,13H,9-10H2,(H2,23,24,25,26,27)/t13-/m0/s1. The molecule has 142 valence electrons. The summed E-state index contributed by atoms with van der Waals surface area (Å²) in [6, 6.07) is 13.4. The Morgan fingerprint density at radius 3 is 2.64 bits per heavy atom. The lowest BCUT2D eigenvalue weighted by Crippen LogP contribution is -2.31. The van der Waals surface area contributed by atoms with Gasteiger partial charge in [0.15, 0.2) is 16.8 Å². The minimum atomic E-state index is -1.06. The number of amides is 1. The van der Waals surface area contributed by atoms with Gasteiger partial charge in [-0.2, -0.15) is 0 Å². The van der Waals surface area contributed by atoms with Gasteiger partial charge < -0.3 is 10.3 Å². The Balaban J connectivity index is 1.70. The molecule has 0 spiro atoms. The number of anilines is 1. The number of aromatic nitrogens is 2. The zero-order valence-corrected chi connectivity index (χ0v) is 15.4. The Kier molecular flexibility index (Phi) is 4.95. The van der Waals surface area contributed by atoms with Gasteiger partial charge in [0.05, 0.1) is 5.56 Å². The van der Waals surface area contributed by atoms with Crippen LogP contribution in [0.3, 0.4) is 0 Å². The van der Waals surface area contributed by atoms with E-state index in [1.165, 1.54) is 23.9 Å². The highest BCUT2D eigenvalue weighted by molar-refractivity contribution is 7.98. The summed E-state index contributed by atoms with van der Waals surface area (Å²) in [5, 5.41) is 2.91. The number of nitrogens with one attached hydrogen (secondary N) is 2. The summed E-state index contributed by atoms with van der Waals surface area (Å²) in [7, 11) is 0. The number of carbonyl (C=O) groups excluding carboxylic acids is 1. The number of nitrogens with zero attached hydrogens (tertiary/aromatic N) is 1. The molecule has 8 heteroatoms. The molecule has 2 N–H and O–H groups in total. The van der Waals surface area contributed by atoms with Crippen LogP contribution >= 0.6 is 11.8 Å². The maximum atomic E-state index is 14.3. The average molecular weight is 399 g/mol. The molecule has 0 fully saturated rings. The third kappa shape index (κ3) is 3.55. The molecular weight excluding hydrogens is 384 g/mol. The summed E-state index contributed by atoms with van der Waals surface area (Å²) in [4.78, 5) is 31.8. The number of carbonyl (C=O) groups is 1. The van der Waals surface area contributed by atoms with Crippen molar-refractivity contribution in [1.29, 1.82) is 0 Å². The van der Waals surface area contributed by atoms with Crippen molar-refractivity contribution in [3.8, 4) is 0 Å². The monoisotopic (exact) mass is 399 g/mol. The van der Waals surface area contributed by atoms with Gasteiger partial charge in [0.1, 0.15) is 5.82 Å². The van der Waals surface area contributed by atoms with Gasteiger partial charge in [0, 0.05) is 18.1 Å². The molecule has 0 saturated heterocycles. The van der Waals surface area contributed by atoms with Crippen molar-refractivity contribution in [2.24, 2.45) is 0 Å². The molecule has 1 amide bonds. The second-order valence-corrected chi connectivity index (χ2v) is 7.32.